The van der Waals surface area contributed by atoms with Gasteiger partial charge >= 0.3 is 6.36 Å². The van der Waals surface area contributed by atoms with Gasteiger partial charge < -0.3 is 20.7 Å². The summed E-state index contributed by atoms with van der Waals surface area (Å²) in [6.07, 6.45) is -1.52. The Balaban J connectivity index is 0.00000261. The van der Waals surface area contributed by atoms with Crippen molar-refractivity contribution in [1.29, 1.82) is 0 Å². The van der Waals surface area contributed by atoms with Gasteiger partial charge in [-0.2, -0.15) is 0 Å². The molecule has 0 spiro atoms. The summed E-state index contributed by atoms with van der Waals surface area (Å²) in [4.78, 5) is 26.3. The summed E-state index contributed by atoms with van der Waals surface area (Å²) in [6.45, 7) is 0.289. The Morgan fingerprint density at radius 2 is 1.96 bits per heavy atom. The lowest BCUT2D eigenvalue weighted by atomic mass is 9.97. The van der Waals surface area contributed by atoms with Crippen molar-refractivity contribution in [2.24, 2.45) is 5.73 Å². The molecule has 1 heterocycles. The van der Waals surface area contributed by atoms with Gasteiger partial charge in [0.2, 0.25) is 11.8 Å². The average molecular weight is 408 g/mol. The second kappa shape index (κ2) is 7.93. The van der Waals surface area contributed by atoms with Crippen LogP contribution in [0.3, 0.4) is 0 Å². The minimum Gasteiger partial charge on any atom is -0.406 e. The minimum absolute atomic E-state index is 0. The van der Waals surface area contributed by atoms with Crippen molar-refractivity contribution >= 4 is 29.9 Å². The molecule has 2 amide bonds. The first-order valence-corrected chi connectivity index (χ1v) is 8.45. The quantitative estimate of drug-likeness (QED) is 0.803. The van der Waals surface area contributed by atoms with E-state index in [9.17, 15) is 22.8 Å². The molecule has 0 bridgehead atoms. The van der Waals surface area contributed by atoms with E-state index in [1.54, 1.807) is 0 Å². The smallest absolute Gasteiger partial charge is 0.406 e. The zero-order valence-electron chi connectivity index (χ0n) is 14.4. The van der Waals surface area contributed by atoms with Crippen molar-refractivity contribution in [2.75, 3.05) is 11.4 Å². The molecule has 10 heteroatoms. The van der Waals surface area contributed by atoms with Crippen LogP contribution in [0.5, 0.6) is 5.75 Å². The molecule has 1 aliphatic carbocycles. The van der Waals surface area contributed by atoms with Gasteiger partial charge in [0.15, 0.2) is 0 Å². The topological polar surface area (TPSA) is 84.7 Å². The van der Waals surface area contributed by atoms with Crippen molar-refractivity contribution in [3.05, 3.63) is 24.3 Å². The molecule has 2 fully saturated rings. The highest BCUT2D eigenvalue weighted by molar-refractivity contribution is 6.02. The molecule has 1 unspecified atom stereocenters. The van der Waals surface area contributed by atoms with Gasteiger partial charge in [-0.3, -0.25) is 9.59 Å². The maximum absolute atomic E-state index is 12.6. The predicted molar refractivity (Wildman–Crippen MR) is 94.7 cm³/mol. The van der Waals surface area contributed by atoms with E-state index in [2.05, 4.69) is 10.1 Å². The van der Waals surface area contributed by atoms with Crippen LogP contribution < -0.4 is 20.7 Å². The molecule has 3 N–H and O–H groups in total. The van der Waals surface area contributed by atoms with Crippen LogP contribution in [0, 0.1) is 0 Å². The highest BCUT2D eigenvalue weighted by Gasteiger charge is 2.41. The zero-order chi connectivity index (χ0) is 18.9. The number of nitrogens with one attached hydrogen (secondary N) is 1. The second-order valence-corrected chi connectivity index (χ2v) is 6.71. The number of hydrogen-bond acceptors (Lipinski definition) is 4. The molecule has 150 valence electrons. The van der Waals surface area contributed by atoms with Gasteiger partial charge in [-0.25, -0.2) is 0 Å². The highest BCUT2D eigenvalue weighted by Crippen LogP contribution is 2.30. The van der Waals surface area contributed by atoms with Crippen LogP contribution in [0.2, 0.25) is 0 Å². The third-order valence-electron chi connectivity index (χ3n) is 4.82. The van der Waals surface area contributed by atoms with Crippen molar-refractivity contribution in [3.63, 3.8) is 0 Å². The number of rotatable bonds is 4. The summed E-state index contributed by atoms with van der Waals surface area (Å²) in [7, 11) is 0. The number of anilines is 1. The number of nitrogens with two attached hydrogens (primary N) is 1. The summed E-state index contributed by atoms with van der Waals surface area (Å²) in [5.74, 6) is -1.12. The molecule has 0 radical (unpaired) electrons. The van der Waals surface area contributed by atoms with Gasteiger partial charge in [0.05, 0.1) is 5.54 Å². The first kappa shape index (κ1) is 21.3. The van der Waals surface area contributed by atoms with Gasteiger partial charge in [0.25, 0.3) is 0 Å². The maximum atomic E-state index is 12.6. The third-order valence-corrected chi connectivity index (χ3v) is 4.82. The number of nitrogens with zero attached hydrogens (tertiary/aromatic N) is 1. The molecule has 0 aromatic heterocycles. The Bertz CT molecular complexity index is 708. The molecule has 27 heavy (non-hydrogen) atoms. The Labute approximate surface area is 160 Å². The van der Waals surface area contributed by atoms with Gasteiger partial charge in [0, 0.05) is 18.3 Å². The molecule has 1 aromatic rings. The van der Waals surface area contributed by atoms with Crippen LogP contribution in [0.4, 0.5) is 18.9 Å². The molecule has 1 saturated heterocycles. The molecular weight excluding hydrogens is 387 g/mol. The van der Waals surface area contributed by atoms with Crippen molar-refractivity contribution < 1.29 is 27.5 Å². The molecule has 1 aliphatic heterocycles. The molecule has 1 atom stereocenters. The Kier molecular flexibility index (Phi) is 6.26. The fourth-order valence-electron chi connectivity index (χ4n) is 3.45. The SMILES string of the molecule is Cl.NC1(C(=O)NC2CCN(c3cccc(OC(F)(F)F)c3)C2=O)CCCC1. The van der Waals surface area contributed by atoms with E-state index in [1.807, 2.05) is 0 Å². The summed E-state index contributed by atoms with van der Waals surface area (Å²) in [5.41, 5.74) is 5.44. The van der Waals surface area contributed by atoms with E-state index >= 15 is 0 Å². The third kappa shape index (κ3) is 4.84. The van der Waals surface area contributed by atoms with E-state index < -0.39 is 23.7 Å². The number of carbonyl (C=O) groups excluding carboxylic acids is 2. The molecule has 1 aromatic carbocycles. The van der Waals surface area contributed by atoms with Gasteiger partial charge in [-0.05, 0) is 31.4 Å². The van der Waals surface area contributed by atoms with Crippen LogP contribution in [-0.2, 0) is 9.59 Å². The van der Waals surface area contributed by atoms with Crippen molar-refractivity contribution in [3.8, 4) is 5.75 Å². The summed E-state index contributed by atoms with van der Waals surface area (Å²) in [5, 5.41) is 2.70. The molecule has 6 nitrogen and oxygen atoms in total. The summed E-state index contributed by atoms with van der Waals surface area (Å²) in [6, 6.07) is 4.48. The monoisotopic (exact) mass is 407 g/mol. The first-order valence-electron chi connectivity index (χ1n) is 8.45. The van der Waals surface area contributed by atoms with Crippen LogP contribution in [0.1, 0.15) is 32.1 Å². The molecule has 2 aliphatic rings. The molecular formula is C17H21ClF3N3O3. The van der Waals surface area contributed by atoms with Gasteiger partial charge in [-0.15, -0.1) is 25.6 Å². The van der Waals surface area contributed by atoms with E-state index in [0.29, 0.717) is 19.3 Å². The molecule has 1 saturated carbocycles. The normalized spacial score (nSPS) is 21.7. The number of hydrogen-bond donors (Lipinski definition) is 2. The lowest BCUT2D eigenvalue weighted by Crippen LogP contribution is -2.55. The second-order valence-electron chi connectivity index (χ2n) is 6.71. The Morgan fingerprint density at radius 3 is 2.59 bits per heavy atom. The van der Waals surface area contributed by atoms with Crippen molar-refractivity contribution in [1.82, 2.24) is 5.32 Å². The number of halogens is 4. The van der Waals surface area contributed by atoms with E-state index in [-0.39, 0.29) is 36.5 Å². The number of alkyl halides is 3. The number of ether oxygens (including phenoxy) is 1. The largest absolute Gasteiger partial charge is 0.573 e. The summed E-state index contributed by atoms with van der Waals surface area (Å²) >= 11 is 0. The number of benzene rings is 1. The zero-order valence-corrected chi connectivity index (χ0v) is 15.2. The van der Waals surface area contributed by atoms with Crippen molar-refractivity contribution in [2.45, 2.75) is 50.0 Å². The number of amides is 2. The Morgan fingerprint density at radius 1 is 1.30 bits per heavy atom. The van der Waals surface area contributed by atoms with Crippen LogP contribution in [0.15, 0.2) is 24.3 Å². The lowest BCUT2D eigenvalue weighted by Gasteiger charge is -2.24. The molecule has 3 rings (SSSR count). The first-order chi connectivity index (χ1) is 12.2. The van der Waals surface area contributed by atoms with Crippen LogP contribution in [-0.4, -0.2) is 36.3 Å². The lowest BCUT2D eigenvalue weighted by molar-refractivity contribution is -0.274. The summed E-state index contributed by atoms with van der Waals surface area (Å²) < 4.78 is 40.9. The minimum atomic E-state index is -4.80. The van der Waals surface area contributed by atoms with Crippen LogP contribution >= 0.6 is 12.4 Å². The predicted octanol–water partition coefficient (Wildman–Crippen LogP) is 2.50. The fraction of sp³-hybridized carbons (Fsp3) is 0.529. The van der Waals surface area contributed by atoms with Crippen LogP contribution in [0.25, 0.3) is 0 Å². The standard InChI is InChI=1S/C17H20F3N3O3.ClH/c18-17(19,20)26-12-5-3-4-11(10-12)23-9-6-13(14(23)24)22-15(25)16(21)7-1-2-8-16;/h3-5,10,13H,1-2,6-9,21H2,(H,22,25);1H. The average Bonchev–Trinajstić information content (AvgIpc) is 3.14. The van der Waals surface area contributed by atoms with Gasteiger partial charge in [0.1, 0.15) is 11.8 Å². The van der Waals surface area contributed by atoms with E-state index in [0.717, 1.165) is 25.0 Å². The van der Waals surface area contributed by atoms with Gasteiger partial charge in [-0.1, -0.05) is 18.9 Å². The maximum Gasteiger partial charge on any atom is 0.573 e. The highest BCUT2D eigenvalue weighted by atomic mass is 35.5. The Hall–Kier alpha value is -2.00. The van der Waals surface area contributed by atoms with E-state index in [1.165, 1.54) is 17.0 Å². The number of carbonyl (C=O) groups is 2. The van der Waals surface area contributed by atoms with E-state index in [4.69, 9.17) is 5.73 Å². The fourth-order valence-corrected chi connectivity index (χ4v) is 3.45.